The molecule has 0 N–H and O–H groups in total. The fraction of sp³-hybridized carbons (Fsp3) is 0.391. The van der Waals surface area contributed by atoms with Crippen LogP contribution in [0.2, 0.25) is 5.02 Å². The van der Waals surface area contributed by atoms with Crippen molar-refractivity contribution < 1.29 is 14.3 Å². The molecule has 2 amide bonds. The Kier molecular flexibility index (Phi) is 7.29. The second-order valence-corrected chi connectivity index (χ2v) is 7.62. The Bertz CT molecular complexity index is 849. The van der Waals surface area contributed by atoms with Crippen molar-refractivity contribution in [2.75, 3.05) is 33.3 Å². The van der Waals surface area contributed by atoms with Gasteiger partial charge >= 0.3 is 0 Å². The molecule has 0 atom stereocenters. The smallest absolute Gasteiger partial charge is 0.261 e. The number of ether oxygens (including phenoxy) is 1. The third-order valence-electron chi connectivity index (χ3n) is 5.23. The van der Waals surface area contributed by atoms with Crippen LogP contribution in [-0.4, -0.2) is 54.9 Å². The highest BCUT2D eigenvalue weighted by Crippen LogP contribution is 2.24. The van der Waals surface area contributed by atoms with Gasteiger partial charge in [0.1, 0.15) is 5.75 Å². The van der Waals surface area contributed by atoms with E-state index in [0.717, 1.165) is 50.2 Å². The van der Waals surface area contributed by atoms with E-state index in [2.05, 4.69) is 11.8 Å². The Balaban J connectivity index is 1.52. The molecular formula is C23H27ClN2O3. The fourth-order valence-electron chi connectivity index (χ4n) is 3.68. The number of carbonyl (C=O) groups is 2. The third-order valence-corrected chi connectivity index (χ3v) is 5.58. The molecule has 5 nitrogen and oxygen atoms in total. The van der Waals surface area contributed by atoms with Crippen LogP contribution in [0.15, 0.2) is 42.5 Å². The number of carbonyl (C=O) groups excluding carboxylic acids is 2. The molecule has 0 aliphatic carbocycles. The van der Waals surface area contributed by atoms with Crippen molar-refractivity contribution in [3.05, 3.63) is 64.2 Å². The maximum atomic E-state index is 12.5. The predicted octanol–water partition coefficient (Wildman–Crippen LogP) is 4.29. The summed E-state index contributed by atoms with van der Waals surface area (Å²) in [5.41, 5.74) is 2.11. The molecule has 0 saturated heterocycles. The van der Waals surface area contributed by atoms with Crippen LogP contribution in [0.3, 0.4) is 0 Å². The van der Waals surface area contributed by atoms with Gasteiger partial charge in [-0.15, -0.1) is 0 Å². The largest absolute Gasteiger partial charge is 0.497 e. The van der Waals surface area contributed by atoms with E-state index in [1.807, 2.05) is 18.2 Å². The zero-order chi connectivity index (χ0) is 20.8. The molecule has 29 heavy (non-hydrogen) atoms. The molecule has 0 saturated carbocycles. The molecule has 0 aromatic heterocycles. The Hall–Kier alpha value is -2.37. The van der Waals surface area contributed by atoms with Crippen molar-refractivity contribution in [3.63, 3.8) is 0 Å². The van der Waals surface area contributed by atoms with Crippen molar-refractivity contribution in [2.45, 2.75) is 26.2 Å². The van der Waals surface area contributed by atoms with Gasteiger partial charge in [0.15, 0.2) is 0 Å². The number of nitrogens with zero attached hydrogens (tertiary/aromatic N) is 2. The zero-order valence-electron chi connectivity index (χ0n) is 17.0. The van der Waals surface area contributed by atoms with Crippen molar-refractivity contribution in [2.24, 2.45) is 0 Å². The lowest BCUT2D eigenvalue weighted by Crippen LogP contribution is -2.34. The Morgan fingerprint density at radius 2 is 1.69 bits per heavy atom. The molecule has 3 rings (SSSR count). The second kappa shape index (κ2) is 9.90. The van der Waals surface area contributed by atoms with E-state index < -0.39 is 0 Å². The Morgan fingerprint density at radius 3 is 2.28 bits per heavy atom. The molecule has 1 aliphatic rings. The summed E-state index contributed by atoms with van der Waals surface area (Å²) in [6, 6.07) is 12.8. The highest BCUT2D eigenvalue weighted by atomic mass is 35.5. The van der Waals surface area contributed by atoms with Gasteiger partial charge in [0, 0.05) is 18.1 Å². The molecule has 154 valence electrons. The highest BCUT2D eigenvalue weighted by Gasteiger charge is 2.34. The van der Waals surface area contributed by atoms with E-state index in [0.29, 0.717) is 22.7 Å². The minimum absolute atomic E-state index is 0.183. The maximum absolute atomic E-state index is 12.5. The first kappa shape index (κ1) is 21.3. The molecule has 0 bridgehead atoms. The van der Waals surface area contributed by atoms with Crippen LogP contribution in [0, 0.1) is 0 Å². The summed E-state index contributed by atoms with van der Waals surface area (Å²) in [6.07, 6.45) is 2.64. The zero-order valence-corrected chi connectivity index (χ0v) is 17.7. The number of fused-ring (bicyclic) bond motifs is 1. The van der Waals surface area contributed by atoms with Crippen molar-refractivity contribution in [3.8, 4) is 5.75 Å². The SMILES string of the molecule is CCCN(CCCN1C(=O)c2ccccc2C1=O)CCc1ccc(OC)cc1Cl. The monoisotopic (exact) mass is 414 g/mol. The van der Waals surface area contributed by atoms with Crippen LogP contribution < -0.4 is 4.74 Å². The van der Waals surface area contributed by atoms with E-state index in [9.17, 15) is 9.59 Å². The first-order valence-corrected chi connectivity index (χ1v) is 10.4. The summed E-state index contributed by atoms with van der Waals surface area (Å²) in [4.78, 5) is 28.7. The number of methoxy groups -OCH3 is 1. The van der Waals surface area contributed by atoms with Crippen molar-refractivity contribution in [1.29, 1.82) is 0 Å². The number of hydrogen-bond donors (Lipinski definition) is 0. The van der Waals surface area contributed by atoms with Crippen LogP contribution in [0.4, 0.5) is 0 Å². The summed E-state index contributed by atoms with van der Waals surface area (Å²) in [7, 11) is 1.63. The summed E-state index contributed by atoms with van der Waals surface area (Å²) < 4.78 is 5.20. The van der Waals surface area contributed by atoms with Gasteiger partial charge < -0.3 is 9.64 Å². The topological polar surface area (TPSA) is 49.9 Å². The lowest BCUT2D eigenvalue weighted by Gasteiger charge is -2.23. The average Bonchev–Trinajstić information content (AvgIpc) is 2.97. The van der Waals surface area contributed by atoms with Gasteiger partial charge in [-0.1, -0.05) is 36.7 Å². The first-order valence-electron chi connectivity index (χ1n) is 10.0. The van der Waals surface area contributed by atoms with E-state index in [4.69, 9.17) is 16.3 Å². The molecule has 0 fully saturated rings. The van der Waals surface area contributed by atoms with Gasteiger partial charge in [-0.05, 0) is 62.2 Å². The van der Waals surface area contributed by atoms with Crippen LogP contribution in [0.25, 0.3) is 0 Å². The van der Waals surface area contributed by atoms with Crippen molar-refractivity contribution >= 4 is 23.4 Å². The lowest BCUT2D eigenvalue weighted by molar-refractivity contribution is 0.0647. The number of halogens is 1. The number of amides is 2. The minimum Gasteiger partial charge on any atom is -0.497 e. The minimum atomic E-state index is -0.183. The third kappa shape index (κ3) is 4.98. The quantitative estimate of drug-likeness (QED) is 0.544. The molecule has 1 heterocycles. The van der Waals surface area contributed by atoms with Crippen LogP contribution in [0.5, 0.6) is 5.75 Å². The molecule has 6 heteroatoms. The normalized spacial score (nSPS) is 13.3. The molecule has 2 aromatic carbocycles. The molecule has 0 radical (unpaired) electrons. The number of imide groups is 1. The van der Waals surface area contributed by atoms with Crippen LogP contribution in [-0.2, 0) is 6.42 Å². The molecule has 2 aromatic rings. The Morgan fingerprint density at radius 1 is 1.00 bits per heavy atom. The van der Waals surface area contributed by atoms with E-state index in [1.54, 1.807) is 31.4 Å². The van der Waals surface area contributed by atoms with Gasteiger partial charge in [-0.2, -0.15) is 0 Å². The number of rotatable bonds is 10. The average molecular weight is 415 g/mol. The standard InChI is InChI=1S/C23H27ClN2O3/c1-3-12-25(15-11-17-9-10-18(29-2)16-21(17)24)13-6-14-26-22(27)19-7-4-5-8-20(19)23(26)28/h4-5,7-10,16H,3,6,11-15H2,1-2H3. The first-order chi connectivity index (χ1) is 14.0. The van der Waals surface area contributed by atoms with Gasteiger partial charge in [-0.3, -0.25) is 14.5 Å². The predicted molar refractivity (Wildman–Crippen MR) is 115 cm³/mol. The molecular weight excluding hydrogens is 388 g/mol. The number of hydrogen-bond acceptors (Lipinski definition) is 4. The summed E-state index contributed by atoms with van der Waals surface area (Å²) in [6.45, 7) is 5.26. The van der Waals surface area contributed by atoms with Gasteiger partial charge in [-0.25, -0.2) is 0 Å². The molecule has 0 spiro atoms. The second-order valence-electron chi connectivity index (χ2n) is 7.21. The summed E-state index contributed by atoms with van der Waals surface area (Å²) in [5.74, 6) is 0.389. The highest BCUT2D eigenvalue weighted by molar-refractivity contribution is 6.31. The summed E-state index contributed by atoms with van der Waals surface area (Å²) >= 11 is 6.36. The summed E-state index contributed by atoms with van der Waals surface area (Å²) in [5, 5.41) is 0.715. The van der Waals surface area contributed by atoms with Gasteiger partial charge in [0.05, 0.1) is 18.2 Å². The Labute approximate surface area is 177 Å². The maximum Gasteiger partial charge on any atom is 0.261 e. The molecule has 1 aliphatic heterocycles. The fourth-order valence-corrected chi connectivity index (χ4v) is 3.95. The lowest BCUT2D eigenvalue weighted by atomic mass is 10.1. The van der Waals surface area contributed by atoms with E-state index >= 15 is 0 Å². The van der Waals surface area contributed by atoms with Crippen LogP contribution >= 0.6 is 11.6 Å². The van der Waals surface area contributed by atoms with Crippen molar-refractivity contribution in [1.82, 2.24) is 9.80 Å². The van der Waals surface area contributed by atoms with Crippen LogP contribution in [0.1, 0.15) is 46.0 Å². The van der Waals surface area contributed by atoms with E-state index in [-0.39, 0.29) is 11.8 Å². The van der Waals surface area contributed by atoms with Gasteiger partial charge in [0.25, 0.3) is 11.8 Å². The van der Waals surface area contributed by atoms with E-state index in [1.165, 1.54) is 4.90 Å². The van der Waals surface area contributed by atoms with Gasteiger partial charge in [0.2, 0.25) is 0 Å². The molecule has 0 unspecified atom stereocenters. The number of benzene rings is 2.